The number of amides is 1. The lowest BCUT2D eigenvalue weighted by atomic mass is 9.89. The van der Waals surface area contributed by atoms with Crippen LogP contribution in [0.2, 0.25) is 0 Å². The van der Waals surface area contributed by atoms with Gasteiger partial charge < -0.3 is 10.0 Å². The van der Waals surface area contributed by atoms with Crippen molar-refractivity contribution in [2.45, 2.75) is 44.7 Å². The number of aliphatic carboxylic acids is 1. The minimum Gasteiger partial charge on any atom is -0.481 e. The van der Waals surface area contributed by atoms with Crippen LogP contribution in [0, 0.1) is 5.92 Å². The van der Waals surface area contributed by atoms with Crippen LogP contribution in [0.3, 0.4) is 0 Å². The second kappa shape index (κ2) is 4.93. The van der Waals surface area contributed by atoms with Crippen LogP contribution in [0.25, 0.3) is 0 Å². The van der Waals surface area contributed by atoms with E-state index in [0.717, 1.165) is 19.3 Å². The zero-order valence-electron chi connectivity index (χ0n) is 11.6. The number of hydrogen-bond donors (Lipinski definition) is 1. The molecule has 1 aromatic rings. The van der Waals surface area contributed by atoms with Gasteiger partial charge in [0, 0.05) is 17.6 Å². The highest BCUT2D eigenvalue weighted by atomic mass is 16.4. The summed E-state index contributed by atoms with van der Waals surface area (Å²) in [4.78, 5) is 25.7. The molecule has 2 aliphatic heterocycles. The lowest BCUT2D eigenvalue weighted by Crippen LogP contribution is -2.37. The van der Waals surface area contributed by atoms with E-state index in [0.29, 0.717) is 12.0 Å². The quantitative estimate of drug-likeness (QED) is 0.919. The van der Waals surface area contributed by atoms with Crippen molar-refractivity contribution in [3.63, 3.8) is 0 Å². The molecule has 2 saturated heterocycles. The number of rotatable bonds is 3. The second-order valence-electron chi connectivity index (χ2n) is 5.74. The number of carbonyl (C=O) groups is 2. The van der Waals surface area contributed by atoms with Gasteiger partial charge >= 0.3 is 5.97 Å². The monoisotopic (exact) mass is 273 g/mol. The summed E-state index contributed by atoms with van der Waals surface area (Å²) in [6, 6.07) is 7.65. The first-order valence-corrected chi connectivity index (χ1v) is 7.26. The van der Waals surface area contributed by atoms with Gasteiger partial charge in [0.15, 0.2) is 0 Å². The number of fused-ring (bicyclic) bond motifs is 2. The molecule has 1 N–H and O–H groups in total. The maximum absolute atomic E-state index is 12.6. The number of nitrogens with zero attached hydrogens (tertiary/aromatic N) is 1. The SMILES string of the molecule is CCc1ccc(C(=O)N2C3CCC2C(C(=O)O)C3)cc1. The van der Waals surface area contributed by atoms with E-state index in [1.807, 2.05) is 29.2 Å². The number of carboxylic acid groups (broad SMARTS) is 1. The normalized spacial score (nSPS) is 27.9. The van der Waals surface area contributed by atoms with Crippen molar-refractivity contribution in [1.29, 1.82) is 0 Å². The minimum absolute atomic E-state index is 0.0103. The van der Waals surface area contributed by atoms with Crippen LogP contribution in [0.1, 0.15) is 42.1 Å². The Kier molecular flexibility index (Phi) is 3.24. The van der Waals surface area contributed by atoms with Crippen molar-refractivity contribution < 1.29 is 14.7 Å². The van der Waals surface area contributed by atoms with Gasteiger partial charge in [0.1, 0.15) is 0 Å². The summed E-state index contributed by atoms with van der Waals surface area (Å²) in [5, 5.41) is 9.24. The number of benzene rings is 1. The standard InChI is InChI=1S/C16H19NO3/c1-2-10-3-5-11(6-4-10)15(18)17-12-7-8-14(17)13(9-12)16(19)20/h3-6,12-14H,2,7-9H2,1H3,(H,19,20). The van der Waals surface area contributed by atoms with Crippen LogP contribution in [-0.2, 0) is 11.2 Å². The summed E-state index contributed by atoms with van der Waals surface area (Å²) < 4.78 is 0. The van der Waals surface area contributed by atoms with E-state index in [4.69, 9.17) is 0 Å². The fraction of sp³-hybridized carbons (Fsp3) is 0.500. The molecule has 20 heavy (non-hydrogen) atoms. The summed E-state index contributed by atoms with van der Waals surface area (Å²) in [5.41, 5.74) is 1.87. The minimum atomic E-state index is -0.767. The van der Waals surface area contributed by atoms with Crippen LogP contribution >= 0.6 is 0 Å². The van der Waals surface area contributed by atoms with Crippen LogP contribution in [0.4, 0.5) is 0 Å². The Bertz CT molecular complexity index is 537. The molecule has 1 amide bonds. The third-order valence-electron chi connectivity index (χ3n) is 4.70. The fourth-order valence-electron chi connectivity index (χ4n) is 3.60. The summed E-state index contributed by atoms with van der Waals surface area (Å²) in [6.07, 6.45) is 3.32. The van der Waals surface area contributed by atoms with Gasteiger partial charge in [0.05, 0.1) is 5.92 Å². The van der Waals surface area contributed by atoms with Gasteiger partial charge in [-0.2, -0.15) is 0 Å². The second-order valence-corrected chi connectivity index (χ2v) is 5.74. The van der Waals surface area contributed by atoms with Crippen LogP contribution < -0.4 is 0 Å². The molecule has 2 fully saturated rings. The summed E-state index contributed by atoms with van der Waals surface area (Å²) in [6.45, 7) is 2.08. The van der Waals surface area contributed by atoms with Gasteiger partial charge in [-0.05, 0) is 43.4 Å². The smallest absolute Gasteiger partial charge is 0.308 e. The average Bonchev–Trinajstić information content (AvgIpc) is 3.04. The molecule has 0 aliphatic carbocycles. The largest absolute Gasteiger partial charge is 0.481 e. The molecule has 4 nitrogen and oxygen atoms in total. The Balaban J connectivity index is 1.82. The molecule has 106 valence electrons. The predicted molar refractivity (Wildman–Crippen MR) is 74.5 cm³/mol. The summed E-state index contributed by atoms with van der Waals surface area (Å²) in [5.74, 6) is -1.16. The van der Waals surface area contributed by atoms with Crippen molar-refractivity contribution in [2.75, 3.05) is 0 Å². The van der Waals surface area contributed by atoms with Crippen molar-refractivity contribution in [2.24, 2.45) is 5.92 Å². The molecule has 3 rings (SSSR count). The third kappa shape index (κ3) is 1.99. The van der Waals surface area contributed by atoms with Gasteiger partial charge in [-0.3, -0.25) is 9.59 Å². The van der Waals surface area contributed by atoms with Gasteiger partial charge in [0.25, 0.3) is 5.91 Å². The van der Waals surface area contributed by atoms with E-state index >= 15 is 0 Å². The molecular formula is C16H19NO3. The van der Waals surface area contributed by atoms with Crippen LogP contribution in [0.15, 0.2) is 24.3 Å². The average molecular weight is 273 g/mol. The van der Waals surface area contributed by atoms with E-state index in [1.165, 1.54) is 5.56 Å². The lowest BCUT2D eigenvalue weighted by Gasteiger charge is -2.23. The highest BCUT2D eigenvalue weighted by molar-refractivity contribution is 5.95. The Morgan fingerprint density at radius 1 is 1.25 bits per heavy atom. The molecule has 0 aromatic heterocycles. The van der Waals surface area contributed by atoms with Crippen LogP contribution in [0.5, 0.6) is 0 Å². The van der Waals surface area contributed by atoms with Crippen molar-refractivity contribution in [1.82, 2.24) is 4.90 Å². The highest BCUT2D eigenvalue weighted by Crippen LogP contribution is 2.42. The molecule has 2 aliphatic rings. The zero-order chi connectivity index (χ0) is 14.3. The number of hydrogen-bond acceptors (Lipinski definition) is 2. The first-order chi connectivity index (χ1) is 9.61. The first-order valence-electron chi connectivity index (χ1n) is 7.26. The molecule has 0 radical (unpaired) electrons. The van der Waals surface area contributed by atoms with E-state index in [-0.39, 0.29) is 23.9 Å². The first kappa shape index (κ1) is 13.2. The Morgan fingerprint density at radius 3 is 2.50 bits per heavy atom. The molecule has 4 heteroatoms. The molecule has 0 spiro atoms. The molecule has 0 saturated carbocycles. The third-order valence-corrected chi connectivity index (χ3v) is 4.70. The van der Waals surface area contributed by atoms with Gasteiger partial charge in [0.2, 0.25) is 0 Å². The van der Waals surface area contributed by atoms with E-state index in [2.05, 4.69) is 6.92 Å². The Morgan fingerprint density at radius 2 is 1.95 bits per heavy atom. The van der Waals surface area contributed by atoms with Crippen molar-refractivity contribution in [3.05, 3.63) is 35.4 Å². The molecule has 1 aromatic carbocycles. The van der Waals surface area contributed by atoms with E-state index < -0.39 is 5.97 Å². The maximum atomic E-state index is 12.6. The summed E-state index contributed by atoms with van der Waals surface area (Å²) in [7, 11) is 0. The van der Waals surface area contributed by atoms with Crippen molar-refractivity contribution in [3.8, 4) is 0 Å². The molecule has 2 heterocycles. The van der Waals surface area contributed by atoms with Crippen LogP contribution in [-0.4, -0.2) is 34.0 Å². The van der Waals surface area contributed by atoms with Gasteiger partial charge in [-0.25, -0.2) is 0 Å². The van der Waals surface area contributed by atoms with Gasteiger partial charge in [-0.15, -0.1) is 0 Å². The topological polar surface area (TPSA) is 57.6 Å². The van der Waals surface area contributed by atoms with Crippen molar-refractivity contribution >= 4 is 11.9 Å². The maximum Gasteiger partial charge on any atom is 0.308 e. The van der Waals surface area contributed by atoms with Gasteiger partial charge in [-0.1, -0.05) is 19.1 Å². The molecule has 3 atom stereocenters. The molecular weight excluding hydrogens is 254 g/mol. The number of carbonyl (C=O) groups excluding carboxylic acids is 1. The van der Waals surface area contributed by atoms with E-state index in [9.17, 15) is 14.7 Å². The molecule has 3 unspecified atom stereocenters. The highest BCUT2D eigenvalue weighted by Gasteiger charge is 2.51. The predicted octanol–water partition coefficient (Wildman–Crippen LogP) is 2.33. The number of aryl methyl sites for hydroxylation is 1. The van der Waals surface area contributed by atoms with E-state index in [1.54, 1.807) is 0 Å². The summed E-state index contributed by atoms with van der Waals surface area (Å²) >= 11 is 0. The number of carboxylic acids is 1. The zero-order valence-corrected chi connectivity index (χ0v) is 11.6. The molecule has 2 bridgehead atoms. The Hall–Kier alpha value is -1.84. The fourth-order valence-corrected chi connectivity index (χ4v) is 3.60. The lowest BCUT2D eigenvalue weighted by molar-refractivity contribution is -0.142. The Labute approximate surface area is 118 Å².